The van der Waals surface area contributed by atoms with Crippen molar-refractivity contribution in [1.82, 2.24) is 0 Å². The molecule has 1 aliphatic carbocycles. The van der Waals surface area contributed by atoms with Crippen molar-refractivity contribution in [3.63, 3.8) is 0 Å². The van der Waals surface area contributed by atoms with Crippen LogP contribution in [0, 0.1) is 0 Å². The number of rotatable bonds is 3. The molecule has 0 fully saturated rings. The van der Waals surface area contributed by atoms with Crippen LogP contribution in [-0.2, 0) is 24.4 Å². The summed E-state index contributed by atoms with van der Waals surface area (Å²) in [7, 11) is 0. The van der Waals surface area contributed by atoms with E-state index in [0.29, 0.717) is 0 Å². The molecule has 0 heterocycles. The van der Waals surface area contributed by atoms with Gasteiger partial charge in [-0.25, -0.2) is 0 Å². The van der Waals surface area contributed by atoms with Gasteiger partial charge in [0.15, 0.2) is 0 Å². The van der Waals surface area contributed by atoms with Crippen molar-refractivity contribution in [2.75, 3.05) is 0 Å². The van der Waals surface area contributed by atoms with Crippen LogP contribution in [0.15, 0.2) is 21.1 Å². The van der Waals surface area contributed by atoms with Gasteiger partial charge in [0.05, 0.1) is 0 Å². The van der Waals surface area contributed by atoms with E-state index in [1.165, 1.54) is 50.1 Å². The summed E-state index contributed by atoms with van der Waals surface area (Å²) in [5, 5.41) is 0. The van der Waals surface area contributed by atoms with Crippen molar-refractivity contribution in [3.8, 4) is 0 Å². The summed E-state index contributed by atoms with van der Waals surface area (Å²) in [6, 6.07) is 0. The zero-order chi connectivity index (χ0) is 7.40. The monoisotopic (exact) mass is 371 g/mol. The molecule has 0 nitrogen and oxygen atoms in total. The Morgan fingerprint density at radius 3 is 2.50 bits per heavy atom. The molecule has 0 atom stereocenters. The molecule has 0 bridgehead atoms. The molecule has 0 N–H and O–H groups in total. The van der Waals surface area contributed by atoms with Gasteiger partial charge in [-0.3, -0.25) is 0 Å². The van der Waals surface area contributed by atoms with Gasteiger partial charge < -0.3 is 24.8 Å². The fourth-order valence-electron chi connectivity index (χ4n) is 1.14. The first-order valence-corrected chi connectivity index (χ1v) is 5.73. The molecule has 12 heavy (non-hydrogen) atoms. The summed E-state index contributed by atoms with van der Waals surface area (Å²) in [5.41, 5.74) is 1.59. The normalized spacial score (nSPS) is 14.2. The van der Waals surface area contributed by atoms with Crippen molar-refractivity contribution in [3.05, 3.63) is 21.1 Å². The van der Waals surface area contributed by atoms with Crippen molar-refractivity contribution in [2.24, 2.45) is 0 Å². The molecule has 1 aliphatic rings. The Bertz CT molecular complexity index is 173. The second kappa shape index (κ2) is 8.52. The second-order valence-electron chi connectivity index (χ2n) is 2.76. The molecule has 0 radical (unpaired) electrons. The van der Waals surface area contributed by atoms with Crippen LogP contribution in [0.3, 0.4) is 0 Å². The maximum absolute atomic E-state index is 2.39. The smallest absolute Gasteiger partial charge is 1.00 e. The third kappa shape index (κ3) is 5.55. The molecule has 0 saturated heterocycles. The Kier molecular flexibility index (Phi) is 10.9. The summed E-state index contributed by atoms with van der Waals surface area (Å²) in [6.07, 6.45) is 10.0. The molecule has 1 rings (SSSR count). The van der Waals surface area contributed by atoms with Crippen molar-refractivity contribution < 1.29 is 49.2 Å². The third-order valence-electron chi connectivity index (χ3n) is 1.76. The average molecular weight is 371 g/mol. The average Bonchev–Trinajstić information content (AvgIpc) is 2.31. The number of hydrogen-bond donors (Lipinski definition) is 0. The SMILES string of the molecule is CCCCC1=CC[C]([Hf+2])=C1.[Cl-].[Cl-]. The van der Waals surface area contributed by atoms with E-state index in [1.807, 2.05) is 0 Å². The predicted molar refractivity (Wildman–Crippen MR) is 40.3 cm³/mol. The molecule has 3 heteroatoms. The largest absolute Gasteiger partial charge is 1.00 e. The Labute approximate surface area is 102 Å². The number of hydrogen-bond acceptors (Lipinski definition) is 0. The Morgan fingerprint density at radius 2 is 2.08 bits per heavy atom. The second-order valence-corrected chi connectivity index (χ2v) is 5.06. The van der Waals surface area contributed by atoms with Gasteiger partial charge >= 0.3 is 78.0 Å². The molecular formula is C9H13Cl2Hf. The molecule has 0 aromatic heterocycles. The van der Waals surface area contributed by atoms with E-state index in [4.69, 9.17) is 0 Å². The van der Waals surface area contributed by atoms with Crippen LogP contribution in [0.4, 0.5) is 0 Å². The quantitative estimate of drug-likeness (QED) is 0.463. The van der Waals surface area contributed by atoms with Gasteiger partial charge in [0.2, 0.25) is 0 Å². The molecule has 0 spiro atoms. The van der Waals surface area contributed by atoms with Crippen LogP contribution in [0.1, 0.15) is 32.6 Å². The zero-order valence-electron chi connectivity index (χ0n) is 7.24. The summed E-state index contributed by atoms with van der Waals surface area (Å²) >= 11 is 1.26. The standard InChI is InChI=1S/C9H13.2ClH.Hf/c1-2-3-6-9-7-4-5-8-9;;;/h7-8H,2-4,6H2,1H3;2*1H;/q;;;+2/p-2. The van der Waals surface area contributed by atoms with Crippen LogP contribution in [0.5, 0.6) is 0 Å². The fourth-order valence-corrected chi connectivity index (χ4v) is 2.17. The van der Waals surface area contributed by atoms with Crippen molar-refractivity contribution in [1.29, 1.82) is 0 Å². The van der Waals surface area contributed by atoms with E-state index in [-0.39, 0.29) is 24.8 Å². The molecule has 0 unspecified atom stereocenters. The topological polar surface area (TPSA) is 0 Å². The third-order valence-corrected chi connectivity index (χ3v) is 3.01. The molecule has 67 valence electrons. The Hall–Kier alpha value is 0.930. The fraction of sp³-hybridized carbons (Fsp3) is 0.556. The number of unbranched alkanes of at least 4 members (excludes halogenated alkanes) is 1. The summed E-state index contributed by atoms with van der Waals surface area (Å²) in [4.78, 5) is 0. The van der Waals surface area contributed by atoms with Gasteiger partial charge in [0.25, 0.3) is 0 Å². The van der Waals surface area contributed by atoms with E-state index in [0.717, 1.165) is 0 Å². The van der Waals surface area contributed by atoms with Gasteiger partial charge in [-0.2, -0.15) is 0 Å². The minimum Gasteiger partial charge on any atom is -1.00 e. The van der Waals surface area contributed by atoms with Gasteiger partial charge in [0, 0.05) is 0 Å². The minimum atomic E-state index is 0. The number of allylic oxidation sites excluding steroid dienone is 4. The van der Waals surface area contributed by atoms with E-state index in [2.05, 4.69) is 19.1 Å². The van der Waals surface area contributed by atoms with Crippen molar-refractivity contribution >= 4 is 0 Å². The molecule has 0 aromatic carbocycles. The number of halogens is 2. The van der Waals surface area contributed by atoms with Gasteiger partial charge in [-0.05, 0) is 0 Å². The van der Waals surface area contributed by atoms with E-state index < -0.39 is 0 Å². The molecular weight excluding hydrogens is 357 g/mol. The molecule has 0 amide bonds. The van der Waals surface area contributed by atoms with Crippen molar-refractivity contribution in [2.45, 2.75) is 32.6 Å². The van der Waals surface area contributed by atoms with E-state index in [9.17, 15) is 0 Å². The van der Waals surface area contributed by atoms with Crippen LogP contribution in [0.25, 0.3) is 0 Å². The summed E-state index contributed by atoms with van der Waals surface area (Å²) in [6.45, 7) is 2.25. The maximum Gasteiger partial charge on any atom is -1.00 e. The van der Waals surface area contributed by atoms with E-state index >= 15 is 0 Å². The summed E-state index contributed by atoms with van der Waals surface area (Å²) < 4.78 is 1.66. The first-order valence-electron chi connectivity index (χ1n) is 3.94. The van der Waals surface area contributed by atoms with Crippen LogP contribution >= 0.6 is 0 Å². The van der Waals surface area contributed by atoms with Gasteiger partial charge in [-0.15, -0.1) is 0 Å². The predicted octanol–water partition coefficient (Wildman–Crippen LogP) is -3.05. The van der Waals surface area contributed by atoms with Crippen LogP contribution < -0.4 is 24.8 Å². The van der Waals surface area contributed by atoms with Gasteiger partial charge in [-0.1, -0.05) is 0 Å². The first-order chi connectivity index (χ1) is 4.83. The minimum absolute atomic E-state index is 0. The van der Waals surface area contributed by atoms with Crippen LogP contribution in [0.2, 0.25) is 0 Å². The van der Waals surface area contributed by atoms with E-state index in [1.54, 1.807) is 8.90 Å². The zero-order valence-corrected chi connectivity index (χ0v) is 12.3. The molecule has 0 aromatic rings. The molecule has 0 aliphatic heterocycles. The Morgan fingerprint density at radius 1 is 1.42 bits per heavy atom. The maximum atomic E-state index is 2.39. The van der Waals surface area contributed by atoms with Crippen LogP contribution in [-0.4, -0.2) is 0 Å². The first kappa shape index (κ1) is 15.4. The Balaban J connectivity index is 0. The molecule has 0 saturated carbocycles. The van der Waals surface area contributed by atoms with Gasteiger partial charge in [0.1, 0.15) is 0 Å². The summed E-state index contributed by atoms with van der Waals surface area (Å²) in [5.74, 6) is 0.